The minimum absolute atomic E-state index is 0.652. The summed E-state index contributed by atoms with van der Waals surface area (Å²) in [5.41, 5.74) is 2.50. The predicted molar refractivity (Wildman–Crippen MR) is 86.7 cm³/mol. The Morgan fingerprint density at radius 1 is 1.19 bits per heavy atom. The first-order chi connectivity index (χ1) is 10.3. The zero-order valence-corrected chi connectivity index (χ0v) is 12.5. The molecule has 0 amide bonds. The zero-order valence-electron chi connectivity index (χ0n) is 12.5. The van der Waals surface area contributed by atoms with Crippen molar-refractivity contribution >= 4 is 11.6 Å². The van der Waals surface area contributed by atoms with E-state index < -0.39 is 0 Å². The molecule has 1 unspecified atom stereocenters. The van der Waals surface area contributed by atoms with Crippen molar-refractivity contribution in [1.82, 2.24) is 9.97 Å². The zero-order chi connectivity index (χ0) is 14.5. The minimum Gasteiger partial charge on any atom is -0.371 e. The molecule has 2 heterocycles. The topological polar surface area (TPSA) is 41.1 Å². The number of aryl methyl sites for hydroxylation is 1. The Labute approximate surface area is 126 Å². The van der Waals surface area contributed by atoms with Crippen molar-refractivity contribution in [2.45, 2.75) is 19.8 Å². The van der Waals surface area contributed by atoms with Gasteiger partial charge in [-0.05, 0) is 36.5 Å². The van der Waals surface area contributed by atoms with Gasteiger partial charge in [0.05, 0.1) is 0 Å². The normalized spacial score (nSPS) is 18.0. The van der Waals surface area contributed by atoms with E-state index in [4.69, 9.17) is 0 Å². The highest BCUT2D eigenvalue weighted by molar-refractivity contribution is 5.47. The van der Waals surface area contributed by atoms with Crippen molar-refractivity contribution in [3.8, 4) is 0 Å². The molecular formula is C17H22N4. The summed E-state index contributed by atoms with van der Waals surface area (Å²) < 4.78 is 0. The van der Waals surface area contributed by atoms with Crippen LogP contribution in [0.1, 0.15) is 18.9 Å². The van der Waals surface area contributed by atoms with Crippen LogP contribution in [-0.2, 0) is 6.42 Å². The highest BCUT2D eigenvalue weighted by Gasteiger charge is 2.22. The van der Waals surface area contributed by atoms with Crippen LogP contribution in [0.15, 0.2) is 42.7 Å². The SMILES string of the molecule is CCc1cnc(NCC2CCN(c3ccccc3)C2)nc1. The molecule has 0 spiro atoms. The van der Waals surface area contributed by atoms with E-state index >= 15 is 0 Å². The van der Waals surface area contributed by atoms with Crippen molar-refractivity contribution in [2.24, 2.45) is 5.92 Å². The van der Waals surface area contributed by atoms with Crippen molar-refractivity contribution in [1.29, 1.82) is 0 Å². The van der Waals surface area contributed by atoms with Gasteiger partial charge in [-0.2, -0.15) is 0 Å². The molecule has 0 radical (unpaired) electrons. The van der Waals surface area contributed by atoms with E-state index in [-0.39, 0.29) is 0 Å². The molecule has 1 N–H and O–H groups in total. The third-order valence-corrected chi connectivity index (χ3v) is 4.07. The number of rotatable bonds is 5. The summed E-state index contributed by atoms with van der Waals surface area (Å²) in [6.07, 6.45) is 6.00. The molecule has 0 bridgehead atoms. The summed E-state index contributed by atoms with van der Waals surface area (Å²) in [7, 11) is 0. The molecule has 4 nitrogen and oxygen atoms in total. The summed E-state index contributed by atoms with van der Waals surface area (Å²) in [4.78, 5) is 11.2. The molecule has 1 saturated heterocycles. The molecule has 1 aromatic carbocycles. The van der Waals surface area contributed by atoms with Gasteiger partial charge in [-0.3, -0.25) is 0 Å². The highest BCUT2D eigenvalue weighted by Crippen LogP contribution is 2.23. The number of anilines is 2. The van der Waals surface area contributed by atoms with Crippen LogP contribution in [0, 0.1) is 5.92 Å². The van der Waals surface area contributed by atoms with Crippen molar-refractivity contribution in [3.05, 3.63) is 48.3 Å². The van der Waals surface area contributed by atoms with Crippen LogP contribution in [0.25, 0.3) is 0 Å². The van der Waals surface area contributed by atoms with Gasteiger partial charge in [0.1, 0.15) is 0 Å². The Hall–Kier alpha value is -2.10. The fraction of sp³-hybridized carbons (Fsp3) is 0.412. The van der Waals surface area contributed by atoms with Gasteiger partial charge in [-0.1, -0.05) is 25.1 Å². The molecule has 0 aliphatic carbocycles. The molecule has 1 atom stereocenters. The van der Waals surface area contributed by atoms with Gasteiger partial charge in [0, 0.05) is 37.7 Å². The van der Waals surface area contributed by atoms with E-state index in [0.29, 0.717) is 5.92 Å². The monoisotopic (exact) mass is 282 g/mol. The van der Waals surface area contributed by atoms with Gasteiger partial charge < -0.3 is 10.2 Å². The molecule has 4 heteroatoms. The Balaban J connectivity index is 1.50. The summed E-state index contributed by atoms with van der Waals surface area (Å²) in [6, 6.07) is 10.6. The van der Waals surface area contributed by atoms with Gasteiger partial charge in [0.25, 0.3) is 0 Å². The van der Waals surface area contributed by atoms with Crippen molar-refractivity contribution in [3.63, 3.8) is 0 Å². The summed E-state index contributed by atoms with van der Waals surface area (Å²) in [5.74, 6) is 1.39. The van der Waals surface area contributed by atoms with Crippen LogP contribution in [0.3, 0.4) is 0 Å². The lowest BCUT2D eigenvalue weighted by atomic mass is 10.1. The lowest BCUT2D eigenvalue weighted by Gasteiger charge is -2.18. The van der Waals surface area contributed by atoms with Crippen molar-refractivity contribution in [2.75, 3.05) is 29.9 Å². The number of nitrogens with one attached hydrogen (secondary N) is 1. The summed E-state index contributed by atoms with van der Waals surface area (Å²) in [5, 5.41) is 3.36. The van der Waals surface area contributed by atoms with Crippen LogP contribution in [0.2, 0.25) is 0 Å². The number of para-hydroxylation sites is 1. The molecule has 2 aromatic rings. The van der Waals surface area contributed by atoms with Crippen LogP contribution >= 0.6 is 0 Å². The lowest BCUT2D eigenvalue weighted by molar-refractivity contribution is 0.619. The number of hydrogen-bond donors (Lipinski definition) is 1. The van der Waals surface area contributed by atoms with Gasteiger partial charge in [-0.15, -0.1) is 0 Å². The fourth-order valence-corrected chi connectivity index (χ4v) is 2.74. The Bertz CT molecular complexity index is 553. The van der Waals surface area contributed by atoms with Gasteiger partial charge in [0.2, 0.25) is 5.95 Å². The standard InChI is InChI=1S/C17H22N4/c1-2-14-10-18-17(19-11-14)20-12-15-8-9-21(13-15)16-6-4-3-5-7-16/h3-7,10-11,15H,2,8-9,12-13H2,1H3,(H,18,19,20). The van der Waals surface area contributed by atoms with Crippen LogP contribution in [-0.4, -0.2) is 29.6 Å². The smallest absolute Gasteiger partial charge is 0.222 e. The maximum Gasteiger partial charge on any atom is 0.222 e. The van der Waals surface area contributed by atoms with Gasteiger partial charge in [0.15, 0.2) is 0 Å². The van der Waals surface area contributed by atoms with Crippen LogP contribution in [0.5, 0.6) is 0 Å². The van der Waals surface area contributed by atoms with E-state index in [1.165, 1.54) is 17.7 Å². The van der Waals surface area contributed by atoms with Crippen LogP contribution in [0.4, 0.5) is 11.6 Å². The van der Waals surface area contributed by atoms with Crippen molar-refractivity contribution < 1.29 is 0 Å². The second-order valence-corrected chi connectivity index (χ2v) is 5.59. The second-order valence-electron chi connectivity index (χ2n) is 5.59. The molecule has 1 aliphatic rings. The van der Waals surface area contributed by atoms with E-state index in [9.17, 15) is 0 Å². The fourth-order valence-electron chi connectivity index (χ4n) is 2.74. The minimum atomic E-state index is 0.652. The Morgan fingerprint density at radius 2 is 1.95 bits per heavy atom. The first-order valence-electron chi connectivity index (χ1n) is 7.70. The molecule has 3 rings (SSSR count). The lowest BCUT2D eigenvalue weighted by Crippen LogP contribution is -2.22. The average Bonchev–Trinajstić information content (AvgIpc) is 3.03. The molecule has 21 heavy (non-hydrogen) atoms. The molecule has 1 aromatic heterocycles. The maximum absolute atomic E-state index is 4.35. The second kappa shape index (κ2) is 6.57. The Kier molecular flexibility index (Phi) is 4.34. The van der Waals surface area contributed by atoms with Gasteiger partial charge in [-0.25, -0.2) is 9.97 Å². The van der Waals surface area contributed by atoms with E-state index in [1.807, 2.05) is 12.4 Å². The van der Waals surface area contributed by atoms with E-state index in [1.54, 1.807) is 0 Å². The van der Waals surface area contributed by atoms with E-state index in [2.05, 4.69) is 57.4 Å². The molecule has 0 saturated carbocycles. The van der Waals surface area contributed by atoms with E-state index in [0.717, 1.165) is 32.0 Å². The first-order valence-corrected chi connectivity index (χ1v) is 7.70. The molecule has 110 valence electrons. The quantitative estimate of drug-likeness (QED) is 0.915. The molecule has 1 aliphatic heterocycles. The highest BCUT2D eigenvalue weighted by atomic mass is 15.2. The largest absolute Gasteiger partial charge is 0.371 e. The molecule has 1 fully saturated rings. The number of aromatic nitrogens is 2. The molecular weight excluding hydrogens is 260 g/mol. The summed E-state index contributed by atoms with van der Waals surface area (Å²) in [6.45, 7) is 5.29. The number of nitrogens with zero attached hydrogens (tertiary/aromatic N) is 3. The van der Waals surface area contributed by atoms with Crippen LogP contribution < -0.4 is 10.2 Å². The Morgan fingerprint density at radius 3 is 2.67 bits per heavy atom. The maximum atomic E-state index is 4.35. The number of benzene rings is 1. The first kappa shape index (κ1) is 13.9. The number of hydrogen-bond acceptors (Lipinski definition) is 4. The third kappa shape index (κ3) is 3.51. The predicted octanol–water partition coefficient (Wildman–Crippen LogP) is 2.98. The average molecular weight is 282 g/mol. The van der Waals surface area contributed by atoms with Gasteiger partial charge >= 0.3 is 0 Å². The summed E-state index contributed by atoms with van der Waals surface area (Å²) >= 11 is 0. The third-order valence-electron chi connectivity index (χ3n) is 4.07.